The zero-order chi connectivity index (χ0) is 15.7. The number of nitro groups is 1. The van der Waals surface area contributed by atoms with Gasteiger partial charge in [-0.2, -0.15) is 4.73 Å². The standard InChI is InChI=1S/C15H13N3O4/c1-22-10-16-9-13(14-4-2-3-7-17(14)19)12-6-5-11(18(20)21)8-15(12)16/h2-9H,10H2,1H3. The van der Waals surface area contributed by atoms with Gasteiger partial charge >= 0.3 is 0 Å². The Morgan fingerprint density at radius 3 is 2.82 bits per heavy atom. The van der Waals surface area contributed by atoms with Gasteiger partial charge in [0.2, 0.25) is 5.69 Å². The Morgan fingerprint density at radius 2 is 2.14 bits per heavy atom. The maximum absolute atomic E-state index is 12.0. The molecule has 0 aliphatic heterocycles. The van der Waals surface area contributed by atoms with E-state index in [4.69, 9.17) is 4.74 Å². The van der Waals surface area contributed by atoms with Crippen molar-refractivity contribution in [2.45, 2.75) is 6.73 Å². The predicted octanol–water partition coefficient (Wildman–Crippen LogP) is 2.45. The third-order valence-corrected chi connectivity index (χ3v) is 3.44. The zero-order valence-corrected chi connectivity index (χ0v) is 11.8. The summed E-state index contributed by atoms with van der Waals surface area (Å²) >= 11 is 0. The number of rotatable bonds is 4. The summed E-state index contributed by atoms with van der Waals surface area (Å²) in [7, 11) is 1.54. The first-order valence-corrected chi connectivity index (χ1v) is 6.56. The Balaban J connectivity index is 2.28. The van der Waals surface area contributed by atoms with Gasteiger partial charge < -0.3 is 14.5 Å². The fourth-order valence-corrected chi connectivity index (χ4v) is 2.48. The molecule has 7 heteroatoms. The number of nitrogens with zero attached hydrogens (tertiary/aromatic N) is 3. The first-order valence-electron chi connectivity index (χ1n) is 6.56. The maximum Gasteiger partial charge on any atom is 0.271 e. The highest BCUT2D eigenvalue weighted by molar-refractivity contribution is 5.95. The highest BCUT2D eigenvalue weighted by atomic mass is 16.6. The molecule has 1 aromatic carbocycles. The van der Waals surface area contributed by atoms with E-state index in [0.29, 0.717) is 16.8 Å². The number of pyridine rings is 1. The molecule has 0 atom stereocenters. The smallest absolute Gasteiger partial charge is 0.271 e. The van der Waals surface area contributed by atoms with Gasteiger partial charge in [0.1, 0.15) is 6.73 Å². The quantitative estimate of drug-likeness (QED) is 0.320. The third-order valence-electron chi connectivity index (χ3n) is 3.44. The summed E-state index contributed by atoms with van der Waals surface area (Å²) in [6.45, 7) is 0.239. The zero-order valence-electron chi connectivity index (χ0n) is 11.8. The number of fused-ring (bicyclic) bond motifs is 1. The van der Waals surface area contributed by atoms with Crippen molar-refractivity contribution in [2.24, 2.45) is 0 Å². The van der Waals surface area contributed by atoms with Crippen LogP contribution in [-0.4, -0.2) is 16.6 Å². The van der Waals surface area contributed by atoms with Crippen LogP contribution < -0.4 is 4.73 Å². The largest absolute Gasteiger partial charge is 0.618 e. The van der Waals surface area contributed by atoms with E-state index < -0.39 is 4.92 Å². The van der Waals surface area contributed by atoms with Crippen LogP contribution in [0, 0.1) is 15.3 Å². The topological polar surface area (TPSA) is 84.2 Å². The van der Waals surface area contributed by atoms with Crippen LogP contribution in [0.15, 0.2) is 48.8 Å². The Kier molecular flexibility index (Phi) is 3.48. The first-order chi connectivity index (χ1) is 10.6. The van der Waals surface area contributed by atoms with E-state index >= 15 is 0 Å². The van der Waals surface area contributed by atoms with Crippen molar-refractivity contribution in [3.8, 4) is 11.3 Å². The van der Waals surface area contributed by atoms with Gasteiger partial charge in [-0.05, 0) is 12.1 Å². The summed E-state index contributed by atoms with van der Waals surface area (Å²) in [5.41, 5.74) is 1.83. The molecule has 0 amide bonds. The second-order valence-corrected chi connectivity index (χ2v) is 4.80. The van der Waals surface area contributed by atoms with Crippen LogP contribution in [0.1, 0.15) is 0 Å². The molecule has 0 unspecified atom stereocenters. The van der Waals surface area contributed by atoms with E-state index in [2.05, 4.69) is 0 Å². The molecule has 3 rings (SSSR count). The van der Waals surface area contributed by atoms with E-state index in [1.807, 2.05) is 0 Å². The summed E-state index contributed by atoms with van der Waals surface area (Å²) in [5.74, 6) is 0. The van der Waals surface area contributed by atoms with Crippen LogP contribution in [0.2, 0.25) is 0 Å². The minimum atomic E-state index is -0.445. The van der Waals surface area contributed by atoms with Crippen LogP contribution in [0.4, 0.5) is 5.69 Å². The molecule has 3 aromatic rings. The number of methoxy groups -OCH3 is 1. The number of hydrogen-bond donors (Lipinski definition) is 0. The Labute approximate surface area is 125 Å². The van der Waals surface area contributed by atoms with Gasteiger partial charge in [0.05, 0.1) is 16.0 Å². The molecule has 0 fully saturated rings. The minimum absolute atomic E-state index is 0.00225. The number of benzene rings is 1. The van der Waals surface area contributed by atoms with Gasteiger partial charge in [-0.25, -0.2) is 0 Å². The maximum atomic E-state index is 12.0. The second kappa shape index (κ2) is 5.45. The Morgan fingerprint density at radius 1 is 1.32 bits per heavy atom. The van der Waals surface area contributed by atoms with Crippen molar-refractivity contribution < 1.29 is 14.4 Å². The normalized spacial score (nSPS) is 11.0. The molecule has 0 spiro atoms. The van der Waals surface area contributed by atoms with Crippen LogP contribution in [0.25, 0.3) is 22.2 Å². The molecule has 0 radical (unpaired) electrons. The minimum Gasteiger partial charge on any atom is -0.618 e. The van der Waals surface area contributed by atoms with E-state index in [1.165, 1.54) is 18.3 Å². The van der Waals surface area contributed by atoms with Gasteiger partial charge in [0.25, 0.3) is 5.69 Å². The van der Waals surface area contributed by atoms with E-state index in [-0.39, 0.29) is 12.4 Å². The molecule has 0 aliphatic carbocycles. The van der Waals surface area contributed by atoms with Crippen molar-refractivity contribution in [2.75, 3.05) is 7.11 Å². The molecular weight excluding hydrogens is 286 g/mol. The summed E-state index contributed by atoms with van der Waals surface area (Å²) in [4.78, 5) is 10.5. The van der Waals surface area contributed by atoms with Crippen molar-refractivity contribution in [3.63, 3.8) is 0 Å². The molecule has 0 bridgehead atoms. The number of non-ortho nitro benzene ring substituents is 1. The summed E-state index contributed by atoms with van der Waals surface area (Å²) in [5, 5.41) is 23.7. The van der Waals surface area contributed by atoms with Crippen molar-refractivity contribution in [1.82, 2.24) is 4.57 Å². The fraction of sp³-hybridized carbons (Fsp3) is 0.133. The van der Waals surface area contributed by atoms with Crippen LogP contribution >= 0.6 is 0 Å². The van der Waals surface area contributed by atoms with E-state index in [0.717, 1.165) is 10.1 Å². The van der Waals surface area contributed by atoms with Gasteiger partial charge in [-0.3, -0.25) is 10.1 Å². The molecule has 0 saturated heterocycles. The van der Waals surface area contributed by atoms with Crippen LogP contribution in [0.5, 0.6) is 0 Å². The molecule has 112 valence electrons. The Hall–Kier alpha value is -2.93. The van der Waals surface area contributed by atoms with Crippen molar-refractivity contribution in [3.05, 3.63) is 64.1 Å². The molecule has 0 saturated carbocycles. The van der Waals surface area contributed by atoms with Crippen LogP contribution in [-0.2, 0) is 11.5 Å². The highest BCUT2D eigenvalue weighted by Crippen LogP contribution is 2.31. The summed E-state index contributed by atoms with van der Waals surface area (Å²) in [6, 6.07) is 9.70. The molecule has 0 N–H and O–H groups in total. The summed E-state index contributed by atoms with van der Waals surface area (Å²) < 4.78 is 7.64. The lowest BCUT2D eigenvalue weighted by Gasteiger charge is -2.02. The molecular formula is C15H13N3O4. The van der Waals surface area contributed by atoms with Gasteiger partial charge in [-0.15, -0.1) is 0 Å². The van der Waals surface area contributed by atoms with E-state index in [1.54, 1.807) is 42.1 Å². The lowest BCUT2D eigenvalue weighted by molar-refractivity contribution is -0.593. The molecule has 22 heavy (non-hydrogen) atoms. The number of ether oxygens (including phenoxy) is 1. The predicted molar refractivity (Wildman–Crippen MR) is 80.0 cm³/mol. The van der Waals surface area contributed by atoms with Crippen molar-refractivity contribution in [1.29, 1.82) is 0 Å². The average Bonchev–Trinajstić information content (AvgIpc) is 2.86. The average molecular weight is 299 g/mol. The lowest BCUT2D eigenvalue weighted by atomic mass is 10.1. The fourth-order valence-electron chi connectivity index (χ4n) is 2.48. The number of nitro benzene ring substituents is 1. The molecule has 2 aromatic heterocycles. The van der Waals surface area contributed by atoms with Gasteiger partial charge in [-0.1, -0.05) is 0 Å². The van der Waals surface area contributed by atoms with Gasteiger partial charge in [0.15, 0.2) is 6.20 Å². The molecule has 7 nitrogen and oxygen atoms in total. The SMILES string of the molecule is COCn1cc(-c2cccc[n+]2[O-])c2ccc([N+](=O)[O-])cc21. The van der Waals surface area contributed by atoms with E-state index in [9.17, 15) is 15.3 Å². The number of hydrogen-bond acceptors (Lipinski definition) is 4. The third kappa shape index (κ3) is 2.27. The number of aromatic nitrogens is 2. The van der Waals surface area contributed by atoms with Crippen molar-refractivity contribution >= 4 is 16.6 Å². The van der Waals surface area contributed by atoms with Crippen LogP contribution in [0.3, 0.4) is 0 Å². The first kappa shape index (κ1) is 14.0. The highest BCUT2D eigenvalue weighted by Gasteiger charge is 2.18. The molecule has 0 aliphatic rings. The monoisotopic (exact) mass is 299 g/mol. The Bertz CT molecular complexity index is 857. The second-order valence-electron chi connectivity index (χ2n) is 4.80. The van der Waals surface area contributed by atoms with Gasteiger partial charge in [0, 0.05) is 43.0 Å². The lowest BCUT2D eigenvalue weighted by Crippen LogP contribution is -2.27. The summed E-state index contributed by atoms with van der Waals surface area (Å²) in [6.07, 6.45) is 3.18. The molecule has 2 heterocycles.